The zero-order chi connectivity index (χ0) is 34.1. The minimum atomic E-state index is -5.14. The van der Waals surface area contributed by atoms with Gasteiger partial charge in [-0.2, -0.15) is 13.2 Å². The maximum Gasteiger partial charge on any atom is 0.422 e. The van der Waals surface area contributed by atoms with Crippen molar-refractivity contribution in [1.29, 1.82) is 0 Å². The summed E-state index contributed by atoms with van der Waals surface area (Å²) >= 11 is 0. The maximum absolute atomic E-state index is 14.8. The zero-order valence-electron chi connectivity index (χ0n) is 26.9. The smallest absolute Gasteiger partial charge is 0.422 e. The van der Waals surface area contributed by atoms with Crippen LogP contribution in [-0.2, 0) is 12.0 Å². The van der Waals surface area contributed by atoms with Gasteiger partial charge in [-0.05, 0) is 97.8 Å². The molecule has 2 fully saturated rings. The standard InChI is InChI=1S/C38H38F4N2O4/c1-24-18-26(8-12-31(24)39)32-19-28(29-22-44(23-29)17-15-25-6-4-3-5-7-25)21-36(43-32)37(46,38(40,41)42)16-14-33(45)27-9-13-34(35(20-27)47-2)48-30-10-11-30/h3-9,12-13,18-21,29-30,46H,10-11,14-17,22-23H2,1-2H3. The predicted molar refractivity (Wildman–Crippen MR) is 174 cm³/mol. The van der Waals surface area contributed by atoms with E-state index in [0.29, 0.717) is 41.3 Å². The van der Waals surface area contributed by atoms with Crippen molar-refractivity contribution in [2.24, 2.45) is 0 Å². The Morgan fingerprint density at radius 3 is 2.40 bits per heavy atom. The van der Waals surface area contributed by atoms with Gasteiger partial charge in [0.05, 0.1) is 24.6 Å². The molecule has 1 aliphatic heterocycles. The number of aryl methyl sites for hydroxylation is 1. The highest BCUT2D eigenvalue weighted by atomic mass is 19.4. The van der Waals surface area contributed by atoms with Gasteiger partial charge in [-0.15, -0.1) is 0 Å². The number of rotatable bonds is 13. The summed E-state index contributed by atoms with van der Waals surface area (Å²) < 4.78 is 69.8. The van der Waals surface area contributed by atoms with Gasteiger partial charge in [-0.25, -0.2) is 9.37 Å². The van der Waals surface area contributed by atoms with Crippen molar-refractivity contribution >= 4 is 5.78 Å². The molecule has 2 heterocycles. The van der Waals surface area contributed by atoms with Crippen molar-refractivity contribution < 1.29 is 36.9 Å². The highest BCUT2D eigenvalue weighted by Crippen LogP contribution is 2.44. The fourth-order valence-electron chi connectivity index (χ4n) is 6.00. The third kappa shape index (κ3) is 7.39. The van der Waals surface area contributed by atoms with Crippen molar-refractivity contribution in [2.75, 3.05) is 26.7 Å². The number of pyridine rings is 1. The van der Waals surface area contributed by atoms with E-state index in [1.807, 2.05) is 18.2 Å². The van der Waals surface area contributed by atoms with Gasteiger partial charge in [0.15, 0.2) is 17.3 Å². The molecule has 1 unspecified atom stereocenters. The van der Waals surface area contributed by atoms with Crippen LogP contribution in [0.3, 0.4) is 0 Å². The third-order valence-electron chi connectivity index (χ3n) is 9.20. The molecule has 0 amide bonds. The van der Waals surface area contributed by atoms with E-state index < -0.39 is 41.9 Å². The maximum atomic E-state index is 14.8. The Labute approximate surface area is 277 Å². The van der Waals surface area contributed by atoms with Crippen LogP contribution in [0, 0.1) is 12.7 Å². The van der Waals surface area contributed by atoms with Crippen LogP contribution in [0.2, 0.25) is 0 Å². The van der Waals surface area contributed by atoms with Gasteiger partial charge >= 0.3 is 6.18 Å². The van der Waals surface area contributed by atoms with Crippen LogP contribution in [-0.4, -0.2) is 59.8 Å². The summed E-state index contributed by atoms with van der Waals surface area (Å²) in [4.78, 5) is 19.8. The molecular formula is C38H38F4N2O4. The van der Waals surface area contributed by atoms with Gasteiger partial charge in [-0.1, -0.05) is 30.3 Å². The molecule has 10 heteroatoms. The number of carbonyl (C=O) groups is 1. The van der Waals surface area contributed by atoms with Crippen LogP contribution in [0.4, 0.5) is 17.6 Å². The molecule has 1 aliphatic carbocycles. The number of halogens is 4. The molecule has 0 bridgehead atoms. The van der Waals surface area contributed by atoms with Gasteiger partial charge in [-0.3, -0.25) is 4.79 Å². The number of carbonyl (C=O) groups excluding carboxylic acids is 1. The molecule has 1 saturated carbocycles. The largest absolute Gasteiger partial charge is 0.493 e. The lowest BCUT2D eigenvalue weighted by atomic mass is 9.85. The molecule has 2 aliphatic rings. The molecule has 1 atom stereocenters. The van der Waals surface area contributed by atoms with Crippen LogP contribution < -0.4 is 9.47 Å². The molecule has 3 aromatic carbocycles. The highest BCUT2D eigenvalue weighted by molar-refractivity contribution is 5.96. The molecule has 0 radical (unpaired) electrons. The van der Waals surface area contributed by atoms with Crippen LogP contribution in [0.1, 0.15) is 64.3 Å². The summed E-state index contributed by atoms with van der Waals surface area (Å²) in [6.45, 7) is 3.62. The molecule has 0 spiro atoms. The van der Waals surface area contributed by atoms with Crippen LogP contribution in [0.25, 0.3) is 11.3 Å². The van der Waals surface area contributed by atoms with Crippen molar-refractivity contribution in [3.8, 4) is 22.8 Å². The number of benzene rings is 3. The average Bonchev–Trinajstić information content (AvgIpc) is 3.88. The van der Waals surface area contributed by atoms with Crippen LogP contribution in [0.5, 0.6) is 11.5 Å². The Balaban J connectivity index is 1.26. The van der Waals surface area contributed by atoms with Gasteiger partial charge in [0.25, 0.3) is 0 Å². The Bertz CT molecular complexity index is 1770. The van der Waals surface area contributed by atoms with Crippen molar-refractivity contribution in [3.05, 3.63) is 113 Å². The van der Waals surface area contributed by atoms with Crippen molar-refractivity contribution in [2.45, 2.75) is 62.8 Å². The number of alkyl halides is 3. The van der Waals surface area contributed by atoms with E-state index in [9.17, 15) is 27.5 Å². The summed E-state index contributed by atoms with van der Waals surface area (Å²) in [5.41, 5.74) is -1.13. The average molecular weight is 663 g/mol. The first-order valence-electron chi connectivity index (χ1n) is 16.2. The van der Waals surface area contributed by atoms with E-state index in [0.717, 1.165) is 25.8 Å². The Kier molecular flexibility index (Phi) is 9.58. The van der Waals surface area contributed by atoms with E-state index in [-0.39, 0.29) is 23.3 Å². The Morgan fingerprint density at radius 1 is 0.979 bits per heavy atom. The van der Waals surface area contributed by atoms with Gasteiger partial charge in [0.1, 0.15) is 5.82 Å². The van der Waals surface area contributed by atoms with Gasteiger partial charge < -0.3 is 19.5 Å². The minimum Gasteiger partial charge on any atom is -0.493 e. The molecule has 48 heavy (non-hydrogen) atoms. The topological polar surface area (TPSA) is 71.9 Å². The Morgan fingerprint density at radius 2 is 1.73 bits per heavy atom. The second-order valence-corrected chi connectivity index (χ2v) is 12.8. The first kappa shape index (κ1) is 33.6. The minimum absolute atomic E-state index is 0.0894. The van der Waals surface area contributed by atoms with Gasteiger partial charge in [0.2, 0.25) is 5.60 Å². The van der Waals surface area contributed by atoms with E-state index in [4.69, 9.17) is 9.47 Å². The molecule has 6 nitrogen and oxygen atoms in total. The summed E-state index contributed by atoms with van der Waals surface area (Å²) in [5, 5.41) is 11.4. The number of ketones is 1. The normalized spacial score (nSPS) is 16.6. The Hall–Kier alpha value is -4.28. The van der Waals surface area contributed by atoms with E-state index in [1.165, 1.54) is 49.1 Å². The second kappa shape index (κ2) is 13.7. The number of Topliss-reactive ketones (excluding diaryl/α,β-unsaturated/α-hetero) is 1. The van der Waals surface area contributed by atoms with E-state index >= 15 is 0 Å². The van der Waals surface area contributed by atoms with Crippen LogP contribution in [0.15, 0.2) is 78.9 Å². The molecular weight excluding hydrogens is 624 g/mol. The molecule has 6 rings (SSSR count). The zero-order valence-corrected chi connectivity index (χ0v) is 26.9. The number of nitrogens with zero attached hydrogens (tertiary/aromatic N) is 2. The number of hydrogen-bond acceptors (Lipinski definition) is 6. The number of likely N-dealkylation sites (tertiary alicyclic amines) is 1. The number of hydrogen-bond donors (Lipinski definition) is 1. The fourth-order valence-corrected chi connectivity index (χ4v) is 6.00. The SMILES string of the molecule is COc1cc(C(=O)CCC(O)(c2cc(C3CN(CCc4ccccc4)C3)cc(-c3ccc(F)c(C)c3)n2)C(F)(F)F)ccc1OC1CC1. The van der Waals surface area contributed by atoms with Crippen LogP contribution >= 0.6 is 0 Å². The predicted octanol–water partition coefficient (Wildman–Crippen LogP) is 7.80. The monoisotopic (exact) mass is 662 g/mol. The summed E-state index contributed by atoms with van der Waals surface area (Å²) in [5.74, 6) is -0.358. The summed E-state index contributed by atoms with van der Waals surface area (Å²) in [7, 11) is 1.43. The highest BCUT2D eigenvalue weighted by Gasteiger charge is 2.56. The molecule has 1 N–H and O–H groups in total. The molecule has 252 valence electrons. The first-order chi connectivity index (χ1) is 22.9. The number of aromatic nitrogens is 1. The van der Waals surface area contributed by atoms with E-state index in [2.05, 4.69) is 22.0 Å². The lowest BCUT2D eigenvalue weighted by Gasteiger charge is -2.40. The molecule has 1 aromatic heterocycles. The third-order valence-corrected chi connectivity index (χ3v) is 9.20. The van der Waals surface area contributed by atoms with Crippen molar-refractivity contribution in [1.82, 2.24) is 9.88 Å². The summed E-state index contributed by atoms with van der Waals surface area (Å²) in [6.07, 6.45) is -3.91. The second-order valence-electron chi connectivity index (χ2n) is 12.8. The lowest BCUT2D eigenvalue weighted by molar-refractivity contribution is -0.270. The molecule has 4 aromatic rings. The fraction of sp³-hybridized carbons (Fsp3) is 0.368. The number of ether oxygens (including phenoxy) is 2. The van der Waals surface area contributed by atoms with Crippen molar-refractivity contribution in [3.63, 3.8) is 0 Å². The van der Waals surface area contributed by atoms with E-state index in [1.54, 1.807) is 19.1 Å². The number of aliphatic hydroxyl groups is 1. The molecule has 1 saturated heterocycles. The van der Waals surface area contributed by atoms with Gasteiger partial charge in [0, 0.05) is 43.1 Å². The summed E-state index contributed by atoms with van der Waals surface area (Å²) in [6, 6.07) is 21.8. The quantitative estimate of drug-likeness (QED) is 0.116. The number of methoxy groups -OCH3 is 1. The lowest BCUT2D eigenvalue weighted by Crippen LogP contribution is -2.46. The first-order valence-corrected chi connectivity index (χ1v) is 16.2.